The fourth-order valence-electron chi connectivity index (χ4n) is 4.13. The van der Waals surface area contributed by atoms with Crippen LogP contribution in [0.5, 0.6) is 0 Å². The molecule has 3 aromatic rings. The second-order valence-electron chi connectivity index (χ2n) is 7.64. The molecule has 4 nitrogen and oxygen atoms in total. The zero-order valence-corrected chi connectivity index (χ0v) is 17.5. The van der Waals surface area contributed by atoms with Crippen LogP contribution < -0.4 is 10.2 Å². The normalized spacial score (nSPS) is 17.9. The van der Waals surface area contributed by atoms with Crippen LogP contribution in [0.2, 0.25) is 5.02 Å². The van der Waals surface area contributed by atoms with Gasteiger partial charge in [0.2, 0.25) is 5.91 Å². The lowest BCUT2D eigenvalue weighted by Gasteiger charge is -2.39. The maximum absolute atomic E-state index is 13.2. The molecule has 1 heterocycles. The molecule has 0 aliphatic carbocycles. The van der Waals surface area contributed by atoms with Crippen molar-refractivity contribution in [3.63, 3.8) is 0 Å². The summed E-state index contributed by atoms with van der Waals surface area (Å²) in [6.07, 6.45) is 1.02. The number of benzene rings is 3. The quantitative estimate of drug-likeness (QED) is 0.574. The topological polar surface area (TPSA) is 49.4 Å². The van der Waals surface area contributed by atoms with Gasteiger partial charge in [0.05, 0.1) is 0 Å². The number of carbonyl (C=O) groups excluding carboxylic acids is 2. The number of hydrogen-bond acceptors (Lipinski definition) is 2. The Morgan fingerprint density at radius 3 is 2.37 bits per heavy atom. The Labute approximate surface area is 181 Å². The summed E-state index contributed by atoms with van der Waals surface area (Å²) in [5.74, 6) is -0.108. The van der Waals surface area contributed by atoms with E-state index in [1.165, 1.54) is 0 Å². The number of fused-ring (bicyclic) bond motifs is 1. The third kappa shape index (κ3) is 4.24. The maximum Gasteiger partial charge on any atom is 0.258 e. The number of anilines is 2. The molecule has 5 heteroatoms. The summed E-state index contributed by atoms with van der Waals surface area (Å²) in [5.41, 5.74) is 3.18. The number of amides is 2. The van der Waals surface area contributed by atoms with Gasteiger partial charge in [0.25, 0.3) is 5.91 Å². The van der Waals surface area contributed by atoms with Crippen molar-refractivity contribution in [3.8, 4) is 0 Å². The van der Waals surface area contributed by atoms with Crippen molar-refractivity contribution in [2.24, 2.45) is 0 Å². The van der Waals surface area contributed by atoms with Crippen LogP contribution in [-0.4, -0.2) is 17.9 Å². The first-order valence-corrected chi connectivity index (χ1v) is 10.4. The Hall–Kier alpha value is -3.11. The average Bonchev–Trinajstić information content (AvgIpc) is 2.75. The first-order valence-electron chi connectivity index (χ1n) is 10.1. The third-order valence-electron chi connectivity index (χ3n) is 5.48. The van der Waals surface area contributed by atoms with Gasteiger partial charge in [-0.3, -0.25) is 9.59 Å². The fraction of sp³-hybridized carbons (Fsp3) is 0.200. The van der Waals surface area contributed by atoms with Gasteiger partial charge in [-0.15, -0.1) is 0 Å². The van der Waals surface area contributed by atoms with Crippen LogP contribution in [-0.2, 0) is 4.79 Å². The molecule has 0 saturated carbocycles. The summed E-state index contributed by atoms with van der Waals surface area (Å²) in [5, 5.41) is 3.56. The summed E-state index contributed by atoms with van der Waals surface area (Å²) in [4.78, 5) is 27.8. The van der Waals surface area contributed by atoms with Crippen molar-refractivity contribution in [1.82, 2.24) is 0 Å². The van der Waals surface area contributed by atoms with E-state index in [1.54, 1.807) is 6.07 Å². The molecular weight excluding hydrogens is 396 g/mol. The average molecular weight is 419 g/mol. The number of hydrogen-bond donors (Lipinski definition) is 1. The fourth-order valence-corrected chi connectivity index (χ4v) is 4.31. The summed E-state index contributed by atoms with van der Waals surface area (Å²) in [6.45, 7) is 2.03. The van der Waals surface area contributed by atoms with E-state index in [4.69, 9.17) is 11.6 Å². The molecule has 2 unspecified atom stereocenters. The lowest BCUT2D eigenvalue weighted by atomic mass is 9.83. The van der Waals surface area contributed by atoms with Crippen molar-refractivity contribution in [3.05, 3.63) is 95.0 Å². The van der Waals surface area contributed by atoms with E-state index in [0.717, 1.165) is 16.9 Å². The summed E-state index contributed by atoms with van der Waals surface area (Å²) >= 11 is 6.28. The highest BCUT2D eigenvalue weighted by Crippen LogP contribution is 2.42. The Balaban J connectivity index is 1.62. The van der Waals surface area contributed by atoms with Crippen LogP contribution in [0.1, 0.15) is 41.6 Å². The molecule has 1 aliphatic rings. The lowest BCUT2D eigenvalue weighted by molar-refractivity contribution is -0.116. The van der Waals surface area contributed by atoms with E-state index >= 15 is 0 Å². The monoisotopic (exact) mass is 418 g/mol. The Kier molecular flexibility index (Phi) is 5.86. The molecule has 0 saturated heterocycles. The highest BCUT2D eigenvalue weighted by Gasteiger charge is 2.35. The van der Waals surface area contributed by atoms with E-state index < -0.39 is 0 Å². The maximum atomic E-state index is 13.2. The Morgan fingerprint density at radius 2 is 1.67 bits per heavy atom. The van der Waals surface area contributed by atoms with Gasteiger partial charge in [0.1, 0.15) is 0 Å². The van der Waals surface area contributed by atoms with Gasteiger partial charge < -0.3 is 10.2 Å². The van der Waals surface area contributed by atoms with Crippen LogP contribution in [0.3, 0.4) is 0 Å². The van der Waals surface area contributed by atoms with Crippen LogP contribution in [0.15, 0.2) is 78.9 Å². The van der Waals surface area contributed by atoms with Crippen LogP contribution in [0.4, 0.5) is 11.4 Å². The molecule has 30 heavy (non-hydrogen) atoms. The third-order valence-corrected chi connectivity index (χ3v) is 5.72. The number of para-hydroxylation sites is 1. The number of rotatable bonds is 4. The molecule has 0 radical (unpaired) electrons. The zero-order valence-electron chi connectivity index (χ0n) is 16.7. The molecule has 1 N–H and O–H groups in total. The number of nitrogens with one attached hydrogen (secondary N) is 1. The first kappa shape index (κ1) is 20.2. The summed E-state index contributed by atoms with van der Waals surface area (Å²) in [6, 6.07) is 24.2. The molecule has 1 aliphatic heterocycles. The zero-order chi connectivity index (χ0) is 21.1. The first-order chi connectivity index (χ1) is 14.5. The van der Waals surface area contributed by atoms with Crippen LogP contribution >= 0.6 is 11.6 Å². The molecular formula is C25H23ClN2O2. The molecule has 0 aromatic heterocycles. The van der Waals surface area contributed by atoms with Crippen LogP contribution in [0.25, 0.3) is 0 Å². The van der Waals surface area contributed by atoms with Crippen molar-refractivity contribution >= 4 is 34.8 Å². The Bertz CT molecular complexity index is 1050. The minimum absolute atomic E-state index is 0.0164. The summed E-state index contributed by atoms with van der Waals surface area (Å²) in [7, 11) is 0. The molecule has 0 fully saturated rings. The van der Waals surface area contributed by atoms with Gasteiger partial charge in [0.15, 0.2) is 0 Å². The predicted octanol–water partition coefficient (Wildman–Crippen LogP) is 5.89. The second kappa shape index (κ2) is 8.72. The minimum Gasteiger partial charge on any atom is -0.326 e. The highest BCUT2D eigenvalue weighted by molar-refractivity contribution is 6.30. The van der Waals surface area contributed by atoms with Crippen LogP contribution in [0, 0.1) is 0 Å². The number of nitrogens with zero attached hydrogens (tertiary/aromatic N) is 1. The number of halogens is 1. The summed E-state index contributed by atoms with van der Waals surface area (Å²) < 4.78 is 0. The standard InChI is InChI=1S/C25H23ClN2O2/c1-17-14-19(15-24(29)27-21-10-6-3-7-11-21)22-16-20(26)12-13-23(22)28(17)25(30)18-8-4-2-5-9-18/h2-13,16-17,19H,14-15H2,1H3,(H,27,29). The minimum atomic E-state index is -0.0489. The smallest absolute Gasteiger partial charge is 0.258 e. The second-order valence-corrected chi connectivity index (χ2v) is 8.08. The molecule has 2 amide bonds. The SMILES string of the molecule is CC1CC(CC(=O)Nc2ccccc2)c2cc(Cl)ccc2N1C(=O)c1ccccc1. The van der Waals surface area contributed by atoms with E-state index in [0.29, 0.717) is 23.4 Å². The van der Waals surface area contributed by atoms with E-state index in [1.807, 2.05) is 84.6 Å². The highest BCUT2D eigenvalue weighted by atomic mass is 35.5. The van der Waals surface area contributed by atoms with E-state index in [9.17, 15) is 9.59 Å². The Morgan fingerprint density at radius 1 is 1.00 bits per heavy atom. The molecule has 0 bridgehead atoms. The van der Waals surface area contributed by atoms with Crippen molar-refractivity contribution < 1.29 is 9.59 Å². The van der Waals surface area contributed by atoms with Gasteiger partial charge in [0, 0.05) is 34.4 Å². The number of carbonyl (C=O) groups is 2. The molecule has 2 atom stereocenters. The van der Waals surface area contributed by atoms with Crippen molar-refractivity contribution in [2.75, 3.05) is 10.2 Å². The van der Waals surface area contributed by atoms with E-state index in [-0.39, 0.29) is 23.8 Å². The van der Waals surface area contributed by atoms with Crippen molar-refractivity contribution in [1.29, 1.82) is 0 Å². The largest absolute Gasteiger partial charge is 0.326 e. The van der Waals surface area contributed by atoms with E-state index in [2.05, 4.69) is 5.32 Å². The van der Waals surface area contributed by atoms with Gasteiger partial charge >= 0.3 is 0 Å². The molecule has 152 valence electrons. The molecule has 0 spiro atoms. The van der Waals surface area contributed by atoms with Gasteiger partial charge in [-0.05, 0) is 67.3 Å². The van der Waals surface area contributed by atoms with Crippen molar-refractivity contribution in [2.45, 2.75) is 31.7 Å². The van der Waals surface area contributed by atoms with Gasteiger partial charge in [-0.1, -0.05) is 48.0 Å². The lowest BCUT2D eigenvalue weighted by Crippen LogP contribution is -2.43. The predicted molar refractivity (Wildman–Crippen MR) is 121 cm³/mol. The van der Waals surface area contributed by atoms with Gasteiger partial charge in [-0.2, -0.15) is 0 Å². The molecule has 4 rings (SSSR count). The van der Waals surface area contributed by atoms with Gasteiger partial charge in [-0.25, -0.2) is 0 Å². The molecule has 3 aromatic carbocycles.